The molecule has 0 heterocycles. The number of benzene rings is 1. The fraction of sp³-hybridized carbons (Fsp3) is 0.300. The summed E-state index contributed by atoms with van der Waals surface area (Å²) in [5.74, 6) is 0. The first-order valence-electron chi connectivity index (χ1n) is 4.26. The summed E-state index contributed by atoms with van der Waals surface area (Å²) in [6.07, 6.45) is 3.01. The van der Waals surface area contributed by atoms with Crippen LogP contribution in [-0.4, -0.2) is 21.0 Å². The third kappa shape index (κ3) is 2.96. The van der Waals surface area contributed by atoms with Crippen molar-refractivity contribution >= 4 is 16.1 Å². The third-order valence-electron chi connectivity index (χ3n) is 1.88. The molecule has 0 radical (unpaired) electrons. The van der Waals surface area contributed by atoms with Crippen molar-refractivity contribution in [2.75, 3.05) is 6.26 Å². The molecule has 0 bridgehead atoms. The van der Waals surface area contributed by atoms with Crippen LogP contribution in [0.2, 0.25) is 0 Å². The minimum absolute atomic E-state index is 0.306. The Morgan fingerprint density at radius 3 is 2.64 bits per heavy atom. The molecular weight excluding hydrogens is 200 g/mol. The Labute approximate surface area is 83.7 Å². The van der Waals surface area contributed by atoms with Crippen LogP contribution >= 0.6 is 0 Å². The molecule has 0 fully saturated rings. The summed E-state index contributed by atoms with van der Waals surface area (Å²) in [4.78, 5) is 10.4. The van der Waals surface area contributed by atoms with E-state index < -0.39 is 9.84 Å². The third-order valence-corrected chi connectivity index (χ3v) is 2.99. The van der Waals surface area contributed by atoms with Crippen LogP contribution in [0.5, 0.6) is 0 Å². The standard InChI is InChI=1S/C10H12O3S/c1-14(12,13)10-6-2-4-9(8-10)5-3-7-11/h2,4,6-8H,3,5H2,1H3. The van der Waals surface area contributed by atoms with Crippen LogP contribution in [0.4, 0.5) is 0 Å². The molecule has 0 amide bonds. The summed E-state index contributed by atoms with van der Waals surface area (Å²) in [7, 11) is -3.14. The Balaban J connectivity index is 2.95. The molecule has 3 nitrogen and oxygen atoms in total. The van der Waals surface area contributed by atoms with Gasteiger partial charge in [-0.15, -0.1) is 0 Å². The maximum absolute atomic E-state index is 11.2. The highest BCUT2D eigenvalue weighted by molar-refractivity contribution is 7.90. The predicted molar refractivity (Wildman–Crippen MR) is 53.9 cm³/mol. The van der Waals surface area contributed by atoms with Gasteiger partial charge in [-0.3, -0.25) is 0 Å². The molecule has 0 saturated carbocycles. The number of rotatable bonds is 4. The van der Waals surface area contributed by atoms with E-state index in [1.807, 2.05) is 6.07 Å². The molecule has 1 rings (SSSR count). The van der Waals surface area contributed by atoms with Gasteiger partial charge < -0.3 is 4.79 Å². The lowest BCUT2D eigenvalue weighted by Crippen LogP contribution is -1.98. The zero-order chi connectivity index (χ0) is 10.6. The van der Waals surface area contributed by atoms with Gasteiger partial charge in [0.15, 0.2) is 9.84 Å². The van der Waals surface area contributed by atoms with E-state index in [1.165, 1.54) is 6.26 Å². The molecule has 1 aromatic carbocycles. The summed E-state index contributed by atoms with van der Waals surface area (Å²) >= 11 is 0. The molecule has 1 aromatic rings. The van der Waals surface area contributed by atoms with Gasteiger partial charge in [-0.2, -0.15) is 0 Å². The first kappa shape index (κ1) is 10.9. The van der Waals surface area contributed by atoms with Crippen LogP contribution in [0.1, 0.15) is 12.0 Å². The summed E-state index contributed by atoms with van der Waals surface area (Å²) in [6, 6.07) is 6.67. The number of carbonyl (C=O) groups is 1. The summed E-state index contributed by atoms with van der Waals surface area (Å²) in [5.41, 5.74) is 0.875. The van der Waals surface area contributed by atoms with Crippen molar-refractivity contribution in [2.24, 2.45) is 0 Å². The van der Waals surface area contributed by atoms with E-state index in [0.717, 1.165) is 11.8 Å². The molecule has 0 aromatic heterocycles. The fourth-order valence-corrected chi connectivity index (χ4v) is 1.85. The van der Waals surface area contributed by atoms with Crippen molar-refractivity contribution in [1.82, 2.24) is 0 Å². The second-order valence-electron chi connectivity index (χ2n) is 3.12. The van der Waals surface area contributed by atoms with Crippen molar-refractivity contribution < 1.29 is 13.2 Å². The fourth-order valence-electron chi connectivity index (χ4n) is 1.16. The Kier molecular flexibility index (Phi) is 3.41. The first-order valence-corrected chi connectivity index (χ1v) is 6.16. The number of hydrogen-bond acceptors (Lipinski definition) is 3. The minimum atomic E-state index is -3.14. The first-order chi connectivity index (χ1) is 6.54. The van der Waals surface area contributed by atoms with E-state index >= 15 is 0 Å². The number of sulfone groups is 1. The summed E-state index contributed by atoms with van der Waals surface area (Å²) < 4.78 is 22.4. The quantitative estimate of drug-likeness (QED) is 0.705. The second-order valence-corrected chi connectivity index (χ2v) is 5.14. The topological polar surface area (TPSA) is 51.2 Å². The van der Waals surface area contributed by atoms with E-state index in [4.69, 9.17) is 0 Å². The Morgan fingerprint density at radius 1 is 1.36 bits per heavy atom. The van der Waals surface area contributed by atoms with Crippen LogP contribution in [0.15, 0.2) is 29.2 Å². The van der Waals surface area contributed by atoms with Gasteiger partial charge >= 0.3 is 0 Å². The van der Waals surface area contributed by atoms with Crippen molar-refractivity contribution in [3.8, 4) is 0 Å². The molecule has 0 aliphatic carbocycles. The average molecular weight is 212 g/mol. The smallest absolute Gasteiger partial charge is 0.175 e. The maximum atomic E-state index is 11.2. The molecule has 0 N–H and O–H groups in total. The summed E-state index contributed by atoms with van der Waals surface area (Å²) in [5, 5.41) is 0. The van der Waals surface area contributed by atoms with Crippen molar-refractivity contribution in [1.29, 1.82) is 0 Å². The highest BCUT2D eigenvalue weighted by atomic mass is 32.2. The number of aldehydes is 1. The van der Waals surface area contributed by atoms with Gasteiger partial charge in [0.05, 0.1) is 4.90 Å². The SMILES string of the molecule is CS(=O)(=O)c1cccc(CCC=O)c1. The normalized spacial score (nSPS) is 11.2. The van der Waals surface area contributed by atoms with Crippen molar-refractivity contribution in [3.05, 3.63) is 29.8 Å². The Hall–Kier alpha value is -1.16. The Morgan fingerprint density at radius 2 is 2.07 bits per heavy atom. The van der Waals surface area contributed by atoms with Crippen LogP contribution in [0.3, 0.4) is 0 Å². The molecule has 0 aliphatic heterocycles. The lowest BCUT2D eigenvalue weighted by Gasteiger charge is -2.01. The van der Waals surface area contributed by atoms with Gasteiger partial charge in [0.25, 0.3) is 0 Å². The number of carbonyl (C=O) groups excluding carboxylic acids is 1. The van der Waals surface area contributed by atoms with E-state index in [1.54, 1.807) is 18.2 Å². The zero-order valence-electron chi connectivity index (χ0n) is 7.93. The predicted octanol–water partition coefficient (Wildman–Crippen LogP) is 1.22. The number of aryl methyl sites for hydroxylation is 1. The van der Waals surface area contributed by atoms with Crippen LogP contribution < -0.4 is 0 Å². The van der Waals surface area contributed by atoms with Crippen molar-refractivity contribution in [3.63, 3.8) is 0 Å². The van der Waals surface area contributed by atoms with Crippen LogP contribution in [0, 0.1) is 0 Å². The minimum Gasteiger partial charge on any atom is -0.303 e. The van der Waals surface area contributed by atoms with E-state index in [0.29, 0.717) is 17.7 Å². The monoisotopic (exact) mass is 212 g/mol. The maximum Gasteiger partial charge on any atom is 0.175 e. The molecular formula is C10H12O3S. The van der Waals surface area contributed by atoms with Gasteiger partial charge in [-0.25, -0.2) is 8.42 Å². The molecule has 76 valence electrons. The molecule has 0 atom stereocenters. The van der Waals surface area contributed by atoms with E-state index in [2.05, 4.69) is 0 Å². The highest BCUT2D eigenvalue weighted by Crippen LogP contribution is 2.12. The molecule has 0 unspecified atom stereocenters. The largest absolute Gasteiger partial charge is 0.303 e. The van der Waals surface area contributed by atoms with Gasteiger partial charge in [-0.1, -0.05) is 12.1 Å². The molecule has 0 aliphatic rings. The van der Waals surface area contributed by atoms with Crippen LogP contribution in [-0.2, 0) is 21.1 Å². The molecule has 14 heavy (non-hydrogen) atoms. The molecule has 0 saturated heterocycles. The van der Waals surface area contributed by atoms with Gasteiger partial charge in [0.1, 0.15) is 6.29 Å². The highest BCUT2D eigenvalue weighted by Gasteiger charge is 2.06. The van der Waals surface area contributed by atoms with E-state index in [-0.39, 0.29) is 0 Å². The lowest BCUT2D eigenvalue weighted by atomic mass is 10.1. The van der Waals surface area contributed by atoms with Gasteiger partial charge in [0, 0.05) is 12.7 Å². The second kappa shape index (κ2) is 4.37. The van der Waals surface area contributed by atoms with Crippen LogP contribution in [0.25, 0.3) is 0 Å². The van der Waals surface area contributed by atoms with Gasteiger partial charge in [0.2, 0.25) is 0 Å². The zero-order valence-corrected chi connectivity index (χ0v) is 8.75. The van der Waals surface area contributed by atoms with E-state index in [9.17, 15) is 13.2 Å². The molecule has 4 heteroatoms. The number of hydrogen-bond donors (Lipinski definition) is 0. The summed E-state index contributed by atoms with van der Waals surface area (Å²) in [6.45, 7) is 0. The Bertz CT molecular complexity index is 421. The van der Waals surface area contributed by atoms with Crippen molar-refractivity contribution in [2.45, 2.75) is 17.7 Å². The molecule has 0 spiro atoms. The lowest BCUT2D eigenvalue weighted by molar-refractivity contribution is -0.107. The van der Waals surface area contributed by atoms with Gasteiger partial charge in [-0.05, 0) is 24.1 Å². The average Bonchev–Trinajstić information content (AvgIpc) is 2.14.